The Balaban J connectivity index is 3.36. The number of hydrogen-bond donors (Lipinski definition) is 1. The summed E-state index contributed by atoms with van der Waals surface area (Å²) in [5, 5.41) is 19.8. The van der Waals surface area contributed by atoms with Crippen LogP contribution in [0.2, 0.25) is 0 Å². The highest BCUT2D eigenvalue weighted by molar-refractivity contribution is 5.72. The average Bonchev–Trinajstić information content (AvgIpc) is 2.35. The predicted octanol–water partition coefficient (Wildman–Crippen LogP) is 2.90. The van der Waals surface area contributed by atoms with Crippen LogP contribution in [0.5, 0.6) is 0 Å². The lowest BCUT2D eigenvalue weighted by atomic mass is 9.99. The molecule has 0 amide bonds. The molecule has 2 N–H and O–H groups in total. The summed E-state index contributed by atoms with van der Waals surface area (Å²) in [4.78, 5) is 10.3. The van der Waals surface area contributed by atoms with Crippen molar-refractivity contribution in [1.29, 1.82) is 5.26 Å². The van der Waals surface area contributed by atoms with Gasteiger partial charge in [-0.25, -0.2) is 0 Å². The van der Waals surface area contributed by atoms with Crippen molar-refractivity contribution in [2.45, 2.75) is 26.7 Å². The van der Waals surface area contributed by atoms with Crippen molar-refractivity contribution in [2.75, 3.05) is 0 Å². The Labute approximate surface area is 106 Å². The zero-order chi connectivity index (χ0) is 13.7. The molecule has 0 atom stereocenters. The van der Waals surface area contributed by atoms with E-state index in [-0.39, 0.29) is 5.69 Å². The van der Waals surface area contributed by atoms with Crippen molar-refractivity contribution in [3.8, 4) is 6.07 Å². The maximum atomic E-state index is 10.7. The standard InChI is InChI=1S/C13H15N3O2/c1-3-4-10(8-14)13(15)12-7-11(16(17)18)6-5-9(12)2/h5-7H,3-4,15H2,1-2H3/b13-10-. The molecule has 0 bridgehead atoms. The summed E-state index contributed by atoms with van der Waals surface area (Å²) in [5.74, 6) is 0. The number of nitrogens with two attached hydrogens (primary N) is 1. The zero-order valence-electron chi connectivity index (χ0n) is 10.4. The molecule has 0 radical (unpaired) electrons. The van der Waals surface area contributed by atoms with Gasteiger partial charge in [-0.2, -0.15) is 5.26 Å². The molecule has 5 nitrogen and oxygen atoms in total. The van der Waals surface area contributed by atoms with Crippen LogP contribution in [0.3, 0.4) is 0 Å². The molecule has 5 heteroatoms. The highest BCUT2D eigenvalue weighted by atomic mass is 16.6. The monoisotopic (exact) mass is 245 g/mol. The largest absolute Gasteiger partial charge is 0.397 e. The average molecular weight is 245 g/mol. The van der Waals surface area contributed by atoms with Gasteiger partial charge in [0, 0.05) is 17.7 Å². The number of nitriles is 1. The molecule has 0 aromatic heterocycles. The minimum Gasteiger partial charge on any atom is -0.397 e. The molecule has 0 unspecified atom stereocenters. The number of nitro benzene ring substituents is 1. The second-order valence-corrected chi connectivity index (χ2v) is 4.01. The third-order valence-corrected chi connectivity index (χ3v) is 2.68. The fourth-order valence-corrected chi connectivity index (χ4v) is 1.68. The minimum absolute atomic E-state index is 0.0210. The second-order valence-electron chi connectivity index (χ2n) is 4.01. The highest BCUT2D eigenvalue weighted by Crippen LogP contribution is 2.24. The number of non-ortho nitro benzene ring substituents is 1. The van der Waals surface area contributed by atoms with Crippen molar-refractivity contribution in [1.82, 2.24) is 0 Å². The molecule has 0 fully saturated rings. The highest BCUT2D eigenvalue weighted by Gasteiger charge is 2.13. The van der Waals surface area contributed by atoms with E-state index < -0.39 is 4.92 Å². The van der Waals surface area contributed by atoms with E-state index in [1.807, 2.05) is 13.8 Å². The Morgan fingerprint density at radius 3 is 2.72 bits per heavy atom. The molecule has 1 aromatic rings. The fourth-order valence-electron chi connectivity index (χ4n) is 1.68. The Morgan fingerprint density at radius 1 is 1.56 bits per heavy atom. The van der Waals surface area contributed by atoms with E-state index in [0.717, 1.165) is 12.0 Å². The van der Waals surface area contributed by atoms with Crippen molar-refractivity contribution in [2.24, 2.45) is 5.73 Å². The van der Waals surface area contributed by atoms with Gasteiger partial charge in [0.1, 0.15) is 0 Å². The number of benzene rings is 1. The quantitative estimate of drug-likeness (QED) is 0.501. The number of allylic oxidation sites excluding steroid dienone is 1. The molecular formula is C13H15N3O2. The molecule has 0 heterocycles. The van der Waals surface area contributed by atoms with Crippen molar-refractivity contribution in [3.63, 3.8) is 0 Å². The minimum atomic E-state index is -0.470. The smallest absolute Gasteiger partial charge is 0.270 e. The Hall–Kier alpha value is -2.35. The van der Waals surface area contributed by atoms with Crippen molar-refractivity contribution in [3.05, 3.63) is 45.0 Å². The van der Waals surface area contributed by atoms with E-state index in [0.29, 0.717) is 23.3 Å². The van der Waals surface area contributed by atoms with Gasteiger partial charge in [0.15, 0.2) is 0 Å². The summed E-state index contributed by atoms with van der Waals surface area (Å²) in [6, 6.07) is 6.54. The summed E-state index contributed by atoms with van der Waals surface area (Å²) in [5.41, 5.74) is 8.11. The molecule has 0 aliphatic carbocycles. The van der Waals surface area contributed by atoms with Crippen molar-refractivity contribution >= 4 is 11.4 Å². The third-order valence-electron chi connectivity index (χ3n) is 2.68. The van der Waals surface area contributed by atoms with Gasteiger partial charge in [-0.3, -0.25) is 10.1 Å². The number of nitrogens with zero attached hydrogens (tertiary/aromatic N) is 2. The van der Waals surface area contributed by atoms with E-state index in [9.17, 15) is 10.1 Å². The van der Waals surface area contributed by atoms with E-state index in [4.69, 9.17) is 11.0 Å². The van der Waals surface area contributed by atoms with Crippen molar-refractivity contribution < 1.29 is 4.92 Å². The summed E-state index contributed by atoms with van der Waals surface area (Å²) in [7, 11) is 0. The van der Waals surface area contributed by atoms with Crippen LogP contribution in [0.15, 0.2) is 23.8 Å². The Kier molecular flexibility index (Phi) is 4.44. The molecule has 0 saturated heterocycles. The number of hydrogen-bond acceptors (Lipinski definition) is 4. The van der Waals surface area contributed by atoms with Crippen LogP contribution in [0.1, 0.15) is 30.9 Å². The third kappa shape index (κ3) is 2.86. The number of rotatable bonds is 4. The van der Waals surface area contributed by atoms with Gasteiger partial charge in [-0.05, 0) is 18.9 Å². The van der Waals surface area contributed by atoms with E-state index >= 15 is 0 Å². The molecule has 0 aliphatic heterocycles. The van der Waals surface area contributed by atoms with Crippen LogP contribution < -0.4 is 5.73 Å². The van der Waals surface area contributed by atoms with Gasteiger partial charge in [0.25, 0.3) is 5.69 Å². The van der Waals surface area contributed by atoms with Crippen LogP contribution in [-0.2, 0) is 0 Å². The van der Waals surface area contributed by atoms with Crippen LogP contribution in [0, 0.1) is 28.4 Å². The maximum Gasteiger partial charge on any atom is 0.270 e. The fraction of sp³-hybridized carbons (Fsp3) is 0.308. The summed E-state index contributed by atoms with van der Waals surface area (Å²) < 4.78 is 0. The molecular weight excluding hydrogens is 230 g/mol. The first-order chi connectivity index (χ1) is 8.51. The summed E-state index contributed by atoms with van der Waals surface area (Å²) >= 11 is 0. The van der Waals surface area contributed by atoms with Gasteiger partial charge in [-0.15, -0.1) is 0 Å². The maximum absolute atomic E-state index is 10.7. The molecule has 1 rings (SSSR count). The predicted molar refractivity (Wildman–Crippen MR) is 69.5 cm³/mol. The Morgan fingerprint density at radius 2 is 2.22 bits per heavy atom. The number of nitro groups is 1. The van der Waals surface area contributed by atoms with Crippen LogP contribution in [0.4, 0.5) is 5.69 Å². The molecule has 18 heavy (non-hydrogen) atoms. The lowest BCUT2D eigenvalue weighted by Gasteiger charge is -2.08. The summed E-state index contributed by atoms with van der Waals surface area (Å²) in [6.45, 7) is 3.76. The molecule has 0 aliphatic rings. The van der Waals surface area contributed by atoms with E-state index in [1.165, 1.54) is 12.1 Å². The topological polar surface area (TPSA) is 93.0 Å². The lowest BCUT2D eigenvalue weighted by molar-refractivity contribution is -0.384. The zero-order valence-corrected chi connectivity index (χ0v) is 10.4. The first-order valence-corrected chi connectivity index (χ1v) is 5.65. The van der Waals surface area contributed by atoms with Gasteiger partial charge >= 0.3 is 0 Å². The van der Waals surface area contributed by atoms with E-state index in [1.54, 1.807) is 6.07 Å². The first-order valence-electron chi connectivity index (χ1n) is 5.65. The van der Waals surface area contributed by atoms with Gasteiger partial charge in [0.2, 0.25) is 0 Å². The van der Waals surface area contributed by atoms with Gasteiger partial charge < -0.3 is 5.73 Å². The number of aryl methyl sites for hydroxylation is 1. The molecule has 0 saturated carbocycles. The lowest BCUT2D eigenvalue weighted by Crippen LogP contribution is -2.04. The molecule has 1 aromatic carbocycles. The molecule has 94 valence electrons. The van der Waals surface area contributed by atoms with Gasteiger partial charge in [0.05, 0.1) is 22.3 Å². The second kappa shape index (κ2) is 5.82. The first kappa shape index (κ1) is 13.7. The normalized spacial score (nSPS) is 11.6. The van der Waals surface area contributed by atoms with Gasteiger partial charge in [-0.1, -0.05) is 19.4 Å². The van der Waals surface area contributed by atoms with Crippen LogP contribution >= 0.6 is 0 Å². The van der Waals surface area contributed by atoms with E-state index in [2.05, 4.69) is 6.07 Å². The SMILES string of the molecule is CCC/C(C#N)=C(/N)c1cc([N+](=O)[O-])ccc1C. The molecule has 0 spiro atoms. The Bertz CT molecular complexity index is 542. The summed E-state index contributed by atoms with van der Waals surface area (Å²) in [6.07, 6.45) is 1.38. The van der Waals surface area contributed by atoms with Crippen LogP contribution in [-0.4, -0.2) is 4.92 Å². The van der Waals surface area contributed by atoms with Crippen LogP contribution in [0.25, 0.3) is 5.70 Å².